The second-order valence-corrected chi connectivity index (χ2v) is 52.0. The predicted octanol–water partition coefficient (Wildman–Crippen LogP) is 7.51. The van der Waals surface area contributed by atoms with Crippen molar-refractivity contribution in [2.24, 2.45) is 0 Å². The molecule has 0 bridgehead atoms. The molecule has 0 heterocycles. The average Bonchev–Trinajstić information content (AvgIpc) is 2.72. The molecule has 0 spiro atoms. The number of aliphatic hydroxyl groups excluding tert-OH is 2. The van der Waals surface area contributed by atoms with E-state index >= 15 is 0 Å². The van der Waals surface area contributed by atoms with Crippen molar-refractivity contribution < 1.29 is 44.4 Å². The maximum Gasteiger partial charge on any atom is 0.469 e. The molecular formula is C28H74O10Si8. The highest BCUT2D eigenvalue weighted by Gasteiger charge is 2.51. The number of ether oxygens (including phenoxy) is 2. The van der Waals surface area contributed by atoms with Crippen LogP contribution in [0.3, 0.4) is 0 Å². The van der Waals surface area contributed by atoms with Gasteiger partial charge in [-0.2, -0.15) is 0 Å². The zero-order chi connectivity index (χ0) is 36.5. The van der Waals surface area contributed by atoms with Crippen molar-refractivity contribution in [3.63, 3.8) is 0 Å². The van der Waals surface area contributed by atoms with Crippen LogP contribution in [0, 0.1) is 0 Å². The van der Waals surface area contributed by atoms with E-state index in [1.807, 2.05) is 0 Å². The van der Waals surface area contributed by atoms with Gasteiger partial charge in [-0.15, -0.1) is 0 Å². The van der Waals surface area contributed by atoms with E-state index in [1.54, 1.807) is 0 Å². The zero-order valence-corrected chi connectivity index (χ0v) is 41.0. The van der Waals surface area contributed by atoms with Crippen LogP contribution in [0.2, 0.25) is 130 Å². The molecule has 0 amide bonds. The molecule has 0 aromatic rings. The lowest BCUT2D eigenvalue weighted by Gasteiger charge is -2.43. The van der Waals surface area contributed by atoms with Crippen molar-refractivity contribution in [1.29, 1.82) is 0 Å². The molecule has 10 nitrogen and oxygen atoms in total. The van der Waals surface area contributed by atoms with Gasteiger partial charge in [0.25, 0.3) is 0 Å². The van der Waals surface area contributed by atoms with Gasteiger partial charge in [-0.3, -0.25) is 0 Å². The van der Waals surface area contributed by atoms with Crippen LogP contribution in [-0.4, -0.2) is 116 Å². The lowest BCUT2D eigenvalue weighted by molar-refractivity contribution is -0.109. The maximum absolute atomic E-state index is 10.2. The summed E-state index contributed by atoms with van der Waals surface area (Å²) in [6.45, 7) is 39.4. The van der Waals surface area contributed by atoms with Gasteiger partial charge in [0.2, 0.25) is 0 Å². The van der Waals surface area contributed by atoms with E-state index in [1.165, 1.54) is 0 Å². The first-order valence-electron chi connectivity index (χ1n) is 17.0. The third-order valence-corrected chi connectivity index (χ3v) is 29.6. The second kappa shape index (κ2) is 18.7. The van der Waals surface area contributed by atoms with Crippen LogP contribution in [0.4, 0.5) is 0 Å². The van der Waals surface area contributed by atoms with E-state index in [0.717, 1.165) is 0 Å². The molecular weight excluding hydrogens is 721 g/mol. The Kier molecular flexibility index (Phi) is 19.3. The van der Waals surface area contributed by atoms with Crippen LogP contribution in [0.15, 0.2) is 0 Å². The summed E-state index contributed by atoms with van der Waals surface area (Å²) in [5, 5.41) is 20.4. The van der Waals surface area contributed by atoms with Crippen LogP contribution in [-0.2, 0) is 34.2 Å². The molecule has 18 heteroatoms. The highest BCUT2D eigenvalue weighted by Crippen LogP contribution is 2.31. The van der Waals surface area contributed by atoms with Gasteiger partial charge in [-0.05, 0) is 131 Å². The third-order valence-electron chi connectivity index (χ3n) is 5.46. The monoisotopic (exact) mass is 794 g/mol. The molecule has 0 aliphatic heterocycles. The summed E-state index contributed by atoms with van der Waals surface area (Å²) >= 11 is 0. The smallest absolute Gasteiger partial charge is 0.417 e. The van der Waals surface area contributed by atoms with Crippen LogP contribution in [0.25, 0.3) is 0 Å². The summed E-state index contributed by atoms with van der Waals surface area (Å²) < 4.78 is 52.9. The molecule has 0 saturated carbocycles. The van der Waals surface area contributed by atoms with Crippen LogP contribution in [0.1, 0.15) is 12.8 Å². The molecule has 0 aliphatic rings. The van der Waals surface area contributed by atoms with Gasteiger partial charge >= 0.3 is 17.6 Å². The first-order chi connectivity index (χ1) is 20.3. The van der Waals surface area contributed by atoms with Gasteiger partial charge in [0.05, 0.1) is 13.2 Å². The van der Waals surface area contributed by atoms with Crippen molar-refractivity contribution in [2.75, 3.05) is 26.4 Å². The van der Waals surface area contributed by atoms with E-state index in [2.05, 4.69) is 118 Å². The van der Waals surface area contributed by atoms with Crippen molar-refractivity contribution in [2.45, 2.75) is 155 Å². The van der Waals surface area contributed by atoms with Gasteiger partial charge in [0.15, 0.2) is 49.9 Å². The first-order valence-corrected chi connectivity index (χ1v) is 41.3. The van der Waals surface area contributed by atoms with Gasteiger partial charge in [-0.25, -0.2) is 0 Å². The van der Waals surface area contributed by atoms with Crippen molar-refractivity contribution in [1.82, 2.24) is 0 Å². The Labute approximate surface area is 292 Å². The highest BCUT2D eigenvalue weighted by molar-refractivity contribution is 6.91. The van der Waals surface area contributed by atoms with Crippen molar-refractivity contribution in [3.8, 4) is 0 Å². The molecule has 0 aromatic carbocycles. The van der Waals surface area contributed by atoms with E-state index in [0.29, 0.717) is 38.1 Å². The molecule has 0 rings (SSSR count). The molecule has 0 aliphatic carbocycles. The van der Waals surface area contributed by atoms with E-state index in [-0.39, 0.29) is 13.2 Å². The van der Waals surface area contributed by atoms with Crippen molar-refractivity contribution >= 4 is 67.5 Å². The second-order valence-electron chi connectivity index (χ2n) is 18.0. The standard InChI is InChI=1S/C28H74O10Si8/c1-39(2,3)33-45(34-40(4,5)6,35-41(7,8)9)23-19-21-31-27(25-29)28(26-30)32-22-20-24-46(36-42(10,11)12,37-43(13,14)15)38-44(16,17)18/h27-30H,19-26H2,1-18H3/t27-,28+. The van der Waals surface area contributed by atoms with E-state index < -0.39 is 79.7 Å². The molecule has 0 unspecified atom stereocenters. The number of hydrogen-bond donors (Lipinski definition) is 2. The van der Waals surface area contributed by atoms with Gasteiger partial charge < -0.3 is 44.4 Å². The molecule has 2 atom stereocenters. The molecule has 0 saturated heterocycles. The van der Waals surface area contributed by atoms with Gasteiger partial charge in [0, 0.05) is 25.3 Å². The molecule has 2 N–H and O–H groups in total. The SMILES string of the molecule is C[Si](C)(C)O[Si](CCCO[C@@H](CO)[C@@H](CO)OCCC[Si](O[Si](C)(C)C)(O[Si](C)(C)C)O[Si](C)(C)C)(O[Si](C)(C)C)O[Si](C)(C)C. The Morgan fingerprint density at radius 3 is 0.717 bits per heavy atom. The number of aliphatic hydroxyl groups is 2. The number of rotatable bonds is 25. The van der Waals surface area contributed by atoms with Gasteiger partial charge in [-0.1, -0.05) is 0 Å². The van der Waals surface area contributed by atoms with Crippen LogP contribution >= 0.6 is 0 Å². The Bertz CT molecular complexity index is 708. The van der Waals surface area contributed by atoms with E-state index in [9.17, 15) is 10.2 Å². The predicted molar refractivity (Wildman–Crippen MR) is 211 cm³/mol. The Hall–Kier alpha value is 1.34. The fraction of sp³-hybridized carbons (Fsp3) is 1.00. The average molecular weight is 796 g/mol. The Morgan fingerprint density at radius 1 is 0.370 bits per heavy atom. The molecule has 0 radical (unpaired) electrons. The summed E-state index contributed by atoms with van der Waals surface area (Å²) in [7, 11) is -17.8. The summed E-state index contributed by atoms with van der Waals surface area (Å²) in [6.07, 6.45) is -0.00677. The molecule has 46 heavy (non-hydrogen) atoms. The van der Waals surface area contributed by atoms with Crippen LogP contribution < -0.4 is 0 Å². The number of hydrogen-bond acceptors (Lipinski definition) is 10. The lowest BCUT2D eigenvalue weighted by atomic mass is 10.2. The normalized spacial score (nSPS) is 16.2. The largest absolute Gasteiger partial charge is 0.469 e. The van der Waals surface area contributed by atoms with Crippen LogP contribution in [0.5, 0.6) is 0 Å². The minimum atomic E-state index is -2.98. The fourth-order valence-electron chi connectivity index (χ4n) is 4.83. The minimum absolute atomic E-state index is 0.259. The third kappa shape index (κ3) is 23.7. The summed E-state index contributed by atoms with van der Waals surface area (Å²) in [4.78, 5) is 0. The molecule has 0 fully saturated rings. The lowest BCUT2D eigenvalue weighted by Crippen LogP contribution is -2.60. The Morgan fingerprint density at radius 2 is 0.565 bits per heavy atom. The quantitative estimate of drug-likeness (QED) is 0.0712. The van der Waals surface area contributed by atoms with E-state index in [4.69, 9.17) is 34.2 Å². The summed E-state index contributed by atoms with van der Waals surface area (Å²) in [5.74, 6) is 0. The summed E-state index contributed by atoms with van der Waals surface area (Å²) in [6, 6.07) is 1.29. The summed E-state index contributed by atoms with van der Waals surface area (Å²) in [5.41, 5.74) is 0. The minimum Gasteiger partial charge on any atom is -0.417 e. The fourth-order valence-corrected chi connectivity index (χ4v) is 34.1. The Balaban J connectivity index is 5.59. The zero-order valence-electron chi connectivity index (χ0n) is 33.0. The maximum atomic E-state index is 10.2. The highest BCUT2D eigenvalue weighted by atomic mass is 28.5. The van der Waals surface area contributed by atoms with Gasteiger partial charge in [0.1, 0.15) is 12.2 Å². The first kappa shape index (κ1) is 47.3. The molecule has 0 aromatic heterocycles. The molecule has 278 valence electrons. The van der Waals surface area contributed by atoms with Crippen molar-refractivity contribution in [3.05, 3.63) is 0 Å². The topological polar surface area (TPSA) is 114 Å².